The standard InChI is InChI=1S/C15H14ClN3O2S/c1-9-7-17-15(22-9)18-14(21)10-6-13(20)19(8-10)12-5-3-2-4-11(12)16/h2-5,7,10H,6,8H2,1H3,(H,17,18,21)/t10-/m0/s1. The molecule has 22 heavy (non-hydrogen) atoms. The van der Waals surface area contributed by atoms with E-state index in [0.29, 0.717) is 22.4 Å². The third-order valence-corrected chi connectivity index (χ3v) is 4.64. The van der Waals surface area contributed by atoms with Crippen LogP contribution in [0.1, 0.15) is 11.3 Å². The first kappa shape index (κ1) is 15.0. The van der Waals surface area contributed by atoms with Crippen molar-refractivity contribution in [2.45, 2.75) is 13.3 Å². The molecule has 1 aliphatic heterocycles. The van der Waals surface area contributed by atoms with Gasteiger partial charge in [-0.15, -0.1) is 11.3 Å². The van der Waals surface area contributed by atoms with Crippen LogP contribution in [0.5, 0.6) is 0 Å². The third kappa shape index (κ3) is 2.98. The van der Waals surface area contributed by atoms with Gasteiger partial charge in [-0.1, -0.05) is 23.7 Å². The van der Waals surface area contributed by atoms with Gasteiger partial charge in [-0.05, 0) is 19.1 Å². The number of benzene rings is 1. The van der Waals surface area contributed by atoms with E-state index in [9.17, 15) is 9.59 Å². The molecule has 1 aromatic heterocycles. The Labute approximate surface area is 136 Å². The molecule has 0 radical (unpaired) electrons. The topological polar surface area (TPSA) is 62.3 Å². The molecule has 2 amide bonds. The number of hydrogen-bond acceptors (Lipinski definition) is 4. The number of carbonyl (C=O) groups excluding carboxylic acids is 2. The van der Waals surface area contributed by atoms with E-state index in [2.05, 4.69) is 10.3 Å². The van der Waals surface area contributed by atoms with Gasteiger partial charge >= 0.3 is 0 Å². The molecule has 114 valence electrons. The fourth-order valence-corrected chi connectivity index (χ4v) is 3.31. The number of amides is 2. The van der Waals surface area contributed by atoms with Crippen molar-refractivity contribution in [1.82, 2.24) is 4.98 Å². The largest absolute Gasteiger partial charge is 0.310 e. The summed E-state index contributed by atoms with van der Waals surface area (Å²) < 4.78 is 0. The first-order valence-corrected chi connectivity index (χ1v) is 8.02. The average Bonchev–Trinajstić information content (AvgIpc) is 3.06. The third-order valence-electron chi connectivity index (χ3n) is 3.49. The lowest BCUT2D eigenvalue weighted by molar-refractivity contribution is -0.122. The number of aryl methyl sites for hydroxylation is 1. The number of para-hydroxylation sites is 1. The molecule has 2 heterocycles. The Balaban J connectivity index is 1.71. The molecule has 3 rings (SSSR count). The first-order valence-electron chi connectivity index (χ1n) is 6.83. The number of nitrogens with one attached hydrogen (secondary N) is 1. The number of carbonyl (C=O) groups is 2. The Morgan fingerprint density at radius 3 is 2.91 bits per heavy atom. The van der Waals surface area contributed by atoms with E-state index < -0.39 is 5.92 Å². The average molecular weight is 336 g/mol. The van der Waals surface area contributed by atoms with Gasteiger partial charge in [0.1, 0.15) is 0 Å². The Kier molecular flexibility index (Phi) is 4.13. The molecular weight excluding hydrogens is 322 g/mol. The van der Waals surface area contributed by atoms with Crippen LogP contribution < -0.4 is 10.2 Å². The van der Waals surface area contributed by atoms with Crippen molar-refractivity contribution in [1.29, 1.82) is 0 Å². The van der Waals surface area contributed by atoms with Crippen molar-refractivity contribution < 1.29 is 9.59 Å². The van der Waals surface area contributed by atoms with Crippen LogP contribution in [0, 0.1) is 12.8 Å². The number of anilines is 2. The molecule has 2 aromatic rings. The lowest BCUT2D eigenvalue weighted by Gasteiger charge is -2.17. The predicted octanol–water partition coefficient (Wildman–Crippen LogP) is 3.10. The number of halogens is 1. The number of nitrogens with zero attached hydrogens (tertiary/aromatic N) is 2. The van der Waals surface area contributed by atoms with E-state index >= 15 is 0 Å². The Bertz CT molecular complexity index is 731. The normalized spacial score (nSPS) is 17.8. The molecule has 1 atom stereocenters. The summed E-state index contributed by atoms with van der Waals surface area (Å²) in [6.07, 6.45) is 1.89. The molecule has 1 aliphatic rings. The maximum atomic E-state index is 12.3. The Hall–Kier alpha value is -1.92. The lowest BCUT2D eigenvalue weighted by atomic mass is 10.1. The SMILES string of the molecule is Cc1cnc(NC(=O)[C@H]2CC(=O)N(c3ccccc3Cl)C2)s1. The molecule has 0 saturated carbocycles. The van der Waals surface area contributed by atoms with E-state index in [0.717, 1.165) is 4.88 Å². The van der Waals surface area contributed by atoms with Crippen LogP contribution in [-0.2, 0) is 9.59 Å². The zero-order chi connectivity index (χ0) is 15.7. The van der Waals surface area contributed by atoms with Gasteiger partial charge in [0, 0.05) is 24.0 Å². The second kappa shape index (κ2) is 6.06. The molecule has 0 aliphatic carbocycles. The predicted molar refractivity (Wildman–Crippen MR) is 87.4 cm³/mol. The highest BCUT2D eigenvalue weighted by Crippen LogP contribution is 2.31. The fraction of sp³-hybridized carbons (Fsp3) is 0.267. The fourth-order valence-electron chi connectivity index (χ4n) is 2.41. The molecule has 1 fully saturated rings. The second-order valence-corrected chi connectivity index (χ2v) is 6.76. The van der Waals surface area contributed by atoms with Crippen molar-refractivity contribution >= 4 is 45.6 Å². The van der Waals surface area contributed by atoms with Crippen LogP contribution in [0.15, 0.2) is 30.5 Å². The lowest BCUT2D eigenvalue weighted by Crippen LogP contribution is -2.28. The van der Waals surface area contributed by atoms with Crippen molar-refractivity contribution in [3.8, 4) is 0 Å². The molecule has 7 heteroatoms. The van der Waals surface area contributed by atoms with Gasteiger partial charge in [0.15, 0.2) is 5.13 Å². The zero-order valence-corrected chi connectivity index (χ0v) is 13.4. The molecule has 5 nitrogen and oxygen atoms in total. The molecule has 1 N–H and O–H groups in total. The summed E-state index contributed by atoms with van der Waals surface area (Å²) >= 11 is 7.54. The number of hydrogen-bond donors (Lipinski definition) is 1. The van der Waals surface area contributed by atoms with Crippen LogP contribution in [0.4, 0.5) is 10.8 Å². The van der Waals surface area contributed by atoms with Crippen molar-refractivity contribution in [3.63, 3.8) is 0 Å². The summed E-state index contributed by atoms with van der Waals surface area (Å²) in [7, 11) is 0. The van der Waals surface area contributed by atoms with E-state index in [1.165, 1.54) is 11.3 Å². The molecule has 0 spiro atoms. The number of aromatic nitrogens is 1. The quantitative estimate of drug-likeness (QED) is 0.937. The van der Waals surface area contributed by atoms with Crippen LogP contribution >= 0.6 is 22.9 Å². The van der Waals surface area contributed by atoms with E-state index in [-0.39, 0.29) is 18.2 Å². The smallest absolute Gasteiger partial charge is 0.231 e. The summed E-state index contributed by atoms with van der Waals surface area (Å²) in [6.45, 7) is 2.25. The van der Waals surface area contributed by atoms with Crippen LogP contribution in [0.2, 0.25) is 5.02 Å². The highest BCUT2D eigenvalue weighted by Gasteiger charge is 2.36. The second-order valence-electron chi connectivity index (χ2n) is 5.12. The summed E-state index contributed by atoms with van der Waals surface area (Å²) in [5.41, 5.74) is 0.648. The zero-order valence-electron chi connectivity index (χ0n) is 11.9. The maximum Gasteiger partial charge on any atom is 0.231 e. The van der Waals surface area contributed by atoms with E-state index in [4.69, 9.17) is 11.6 Å². The Morgan fingerprint density at radius 2 is 2.23 bits per heavy atom. The summed E-state index contributed by atoms with van der Waals surface area (Å²) in [5.74, 6) is -0.672. The number of rotatable bonds is 3. The van der Waals surface area contributed by atoms with Gasteiger partial charge < -0.3 is 10.2 Å². The maximum absolute atomic E-state index is 12.3. The molecule has 1 aromatic carbocycles. The highest BCUT2D eigenvalue weighted by molar-refractivity contribution is 7.15. The minimum Gasteiger partial charge on any atom is -0.310 e. The first-order chi connectivity index (χ1) is 10.5. The van der Waals surface area contributed by atoms with Gasteiger partial charge in [0.2, 0.25) is 11.8 Å². The van der Waals surface area contributed by atoms with Crippen molar-refractivity contribution in [3.05, 3.63) is 40.4 Å². The highest BCUT2D eigenvalue weighted by atomic mass is 35.5. The summed E-state index contributed by atoms with van der Waals surface area (Å²) in [4.78, 5) is 31.1. The van der Waals surface area contributed by atoms with E-state index in [1.54, 1.807) is 29.3 Å². The van der Waals surface area contributed by atoms with Crippen LogP contribution in [0.25, 0.3) is 0 Å². The minimum absolute atomic E-state index is 0.0939. The summed E-state index contributed by atoms with van der Waals surface area (Å²) in [5, 5.41) is 3.84. The van der Waals surface area contributed by atoms with Crippen LogP contribution in [0.3, 0.4) is 0 Å². The summed E-state index contributed by atoms with van der Waals surface area (Å²) in [6, 6.07) is 7.14. The van der Waals surface area contributed by atoms with Crippen LogP contribution in [-0.4, -0.2) is 23.3 Å². The van der Waals surface area contributed by atoms with Gasteiger partial charge in [-0.25, -0.2) is 4.98 Å². The Morgan fingerprint density at radius 1 is 1.45 bits per heavy atom. The molecular formula is C15H14ClN3O2S. The van der Waals surface area contributed by atoms with Gasteiger partial charge in [-0.2, -0.15) is 0 Å². The molecule has 1 saturated heterocycles. The van der Waals surface area contributed by atoms with Gasteiger partial charge in [-0.3, -0.25) is 9.59 Å². The molecule has 0 bridgehead atoms. The van der Waals surface area contributed by atoms with Crippen molar-refractivity contribution in [2.75, 3.05) is 16.8 Å². The molecule has 0 unspecified atom stereocenters. The van der Waals surface area contributed by atoms with Crippen molar-refractivity contribution in [2.24, 2.45) is 5.92 Å². The van der Waals surface area contributed by atoms with Gasteiger partial charge in [0.05, 0.1) is 16.6 Å². The minimum atomic E-state index is -0.395. The van der Waals surface area contributed by atoms with E-state index in [1.807, 2.05) is 13.0 Å². The number of thiazole rings is 1. The monoisotopic (exact) mass is 335 g/mol. The van der Waals surface area contributed by atoms with Gasteiger partial charge in [0.25, 0.3) is 0 Å².